The van der Waals surface area contributed by atoms with Gasteiger partial charge >= 0.3 is 0 Å². The Labute approximate surface area is 371 Å². The van der Waals surface area contributed by atoms with Gasteiger partial charge in [0, 0.05) is 29.1 Å². The molecule has 3 heteroatoms. The normalized spacial score (nSPS) is 11.4. The molecule has 10 aromatic carbocycles. The molecular weight excluding hydrogens is 775 g/mol. The monoisotopic (exact) mass is 813 g/mol. The first-order chi connectivity index (χ1) is 31.7. The Balaban J connectivity index is 1.10. The van der Waals surface area contributed by atoms with Crippen molar-refractivity contribution >= 4 is 64.6 Å². The van der Waals surface area contributed by atoms with Gasteiger partial charge in [0.15, 0.2) is 5.82 Å². The van der Waals surface area contributed by atoms with E-state index in [1.165, 1.54) is 70.4 Å². The summed E-state index contributed by atoms with van der Waals surface area (Å²) in [6.45, 7) is 0. The lowest BCUT2D eigenvalue weighted by molar-refractivity contribution is 1.18. The van der Waals surface area contributed by atoms with Gasteiger partial charge in [-0.2, -0.15) is 0 Å². The Morgan fingerprint density at radius 2 is 0.625 bits per heavy atom. The van der Waals surface area contributed by atoms with Crippen LogP contribution in [0, 0.1) is 0 Å². The van der Waals surface area contributed by atoms with Gasteiger partial charge in [-0.1, -0.05) is 200 Å². The van der Waals surface area contributed by atoms with Gasteiger partial charge in [-0.25, -0.2) is 9.97 Å². The summed E-state index contributed by atoms with van der Waals surface area (Å²) in [5.74, 6) is 0.670. The maximum absolute atomic E-state index is 5.37. The molecule has 0 radical (unpaired) electrons. The smallest absolute Gasteiger partial charge is 0.160 e. The van der Waals surface area contributed by atoms with Gasteiger partial charge in [-0.15, -0.1) is 0 Å². The van der Waals surface area contributed by atoms with E-state index in [0.29, 0.717) is 5.82 Å². The Bertz CT molecular complexity index is 3740. The molecule has 12 rings (SSSR count). The van der Waals surface area contributed by atoms with E-state index >= 15 is 0 Å². The van der Waals surface area contributed by atoms with Gasteiger partial charge in [0.1, 0.15) is 0 Å². The molecule has 0 spiro atoms. The number of pyridine rings is 1. The molecule has 0 atom stereocenters. The molecule has 0 amide bonds. The fraction of sp³-hybridized carbons (Fsp3) is 0. The SMILES string of the molecule is c1ccc2c(-c3ccc(-c4cc(-c5ccc6c7ccccc7c7ccccc7c7ccccc7c7ccccc7c6c5)nc(-c5ccc(-c6ccncc6)cc5)n4)cc3)cccc2c1. The van der Waals surface area contributed by atoms with Gasteiger partial charge in [0.25, 0.3) is 0 Å². The quantitative estimate of drug-likeness (QED) is 0.174. The van der Waals surface area contributed by atoms with E-state index in [2.05, 4.69) is 217 Å². The molecular formula is C61H39N3. The Morgan fingerprint density at radius 1 is 0.234 bits per heavy atom. The second-order valence-corrected chi connectivity index (χ2v) is 16.3. The number of nitrogens with zero attached hydrogens (tertiary/aromatic N) is 3. The van der Waals surface area contributed by atoms with Gasteiger partial charge in [-0.05, 0) is 111 Å². The number of hydrogen-bond acceptors (Lipinski definition) is 3. The molecule has 0 fully saturated rings. The molecule has 2 aromatic heterocycles. The van der Waals surface area contributed by atoms with E-state index in [4.69, 9.17) is 9.97 Å². The summed E-state index contributed by atoms with van der Waals surface area (Å²) in [7, 11) is 0. The molecule has 0 aliphatic carbocycles. The average molecular weight is 814 g/mol. The van der Waals surface area contributed by atoms with E-state index in [9.17, 15) is 0 Å². The van der Waals surface area contributed by atoms with Crippen molar-refractivity contribution in [1.82, 2.24) is 15.0 Å². The number of fused-ring (bicyclic) bond motifs is 11. The minimum Gasteiger partial charge on any atom is -0.265 e. The van der Waals surface area contributed by atoms with Crippen LogP contribution >= 0.6 is 0 Å². The Kier molecular flexibility index (Phi) is 9.16. The van der Waals surface area contributed by atoms with Crippen molar-refractivity contribution in [1.29, 1.82) is 0 Å². The zero-order chi connectivity index (χ0) is 42.4. The van der Waals surface area contributed by atoms with E-state index in [0.717, 1.165) is 44.6 Å². The molecule has 0 aliphatic heterocycles. The highest BCUT2D eigenvalue weighted by Crippen LogP contribution is 2.39. The predicted octanol–water partition coefficient (Wildman–Crippen LogP) is 16.3. The lowest BCUT2D eigenvalue weighted by atomic mass is 9.93. The first kappa shape index (κ1) is 37.2. The number of hydrogen-bond donors (Lipinski definition) is 0. The van der Waals surface area contributed by atoms with Crippen LogP contribution in [-0.4, -0.2) is 15.0 Å². The molecule has 64 heavy (non-hydrogen) atoms. The summed E-state index contributed by atoms with van der Waals surface area (Å²) >= 11 is 0. The second kappa shape index (κ2) is 15.7. The summed E-state index contributed by atoms with van der Waals surface area (Å²) < 4.78 is 0. The molecule has 298 valence electrons. The maximum atomic E-state index is 5.37. The molecule has 12 aromatic rings. The standard InChI is InChI=1S/C61H39N3/c1-2-14-47-42(12-1)13-11-23-48(47)43-26-28-44(29-27-43)59-39-60(64-61(63-59)45-30-24-40(25-31-45)41-34-36-62-37-35-41)46-32-33-57-55-21-8-7-19-53(55)51-17-4-3-15-49(51)50-16-5-6-18-52(50)54-20-9-10-22-56(54)58(57)38-46/h1-39H. The van der Waals surface area contributed by atoms with Crippen LogP contribution in [0.4, 0.5) is 0 Å². The van der Waals surface area contributed by atoms with Crippen molar-refractivity contribution in [3.63, 3.8) is 0 Å². The Morgan fingerprint density at radius 3 is 1.19 bits per heavy atom. The van der Waals surface area contributed by atoms with E-state index in [1.54, 1.807) is 0 Å². The lowest BCUT2D eigenvalue weighted by Crippen LogP contribution is -1.96. The summed E-state index contributed by atoms with van der Waals surface area (Å²) in [6.07, 6.45) is 3.65. The van der Waals surface area contributed by atoms with Gasteiger partial charge in [0.05, 0.1) is 11.4 Å². The summed E-state index contributed by atoms with van der Waals surface area (Å²) in [4.78, 5) is 14.9. The van der Waals surface area contributed by atoms with Gasteiger partial charge in [0.2, 0.25) is 0 Å². The van der Waals surface area contributed by atoms with Gasteiger partial charge in [-0.3, -0.25) is 4.98 Å². The van der Waals surface area contributed by atoms with Crippen LogP contribution in [0.1, 0.15) is 0 Å². The fourth-order valence-electron chi connectivity index (χ4n) is 9.50. The number of rotatable bonds is 5. The van der Waals surface area contributed by atoms with E-state index in [-0.39, 0.29) is 0 Å². The zero-order valence-electron chi connectivity index (χ0n) is 34.9. The molecule has 2 heterocycles. The van der Waals surface area contributed by atoms with Crippen LogP contribution in [0.5, 0.6) is 0 Å². The topological polar surface area (TPSA) is 38.7 Å². The van der Waals surface area contributed by atoms with Crippen LogP contribution in [0.25, 0.3) is 121 Å². The lowest BCUT2D eigenvalue weighted by Gasteiger charge is -2.13. The van der Waals surface area contributed by atoms with Crippen LogP contribution in [0.3, 0.4) is 0 Å². The highest BCUT2D eigenvalue weighted by atomic mass is 14.9. The average Bonchev–Trinajstić information content (AvgIpc) is 3.38. The summed E-state index contributed by atoms with van der Waals surface area (Å²) in [5, 5.41) is 14.4. The van der Waals surface area contributed by atoms with Crippen LogP contribution in [-0.2, 0) is 0 Å². The molecule has 0 aliphatic rings. The summed E-state index contributed by atoms with van der Waals surface area (Å²) in [5.41, 5.74) is 9.31. The van der Waals surface area contributed by atoms with Crippen LogP contribution in [0.15, 0.2) is 237 Å². The highest BCUT2D eigenvalue weighted by Gasteiger charge is 2.15. The minimum absolute atomic E-state index is 0.670. The molecule has 0 N–H and O–H groups in total. The predicted molar refractivity (Wildman–Crippen MR) is 270 cm³/mol. The molecule has 0 saturated carbocycles. The highest BCUT2D eigenvalue weighted by molar-refractivity contribution is 6.26. The van der Waals surface area contributed by atoms with Gasteiger partial charge < -0.3 is 0 Å². The number of aromatic nitrogens is 3. The maximum Gasteiger partial charge on any atom is 0.160 e. The van der Waals surface area contributed by atoms with E-state index in [1.807, 2.05) is 24.5 Å². The van der Waals surface area contributed by atoms with E-state index < -0.39 is 0 Å². The second-order valence-electron chi connectivity index (χ2n) is 16.3. The third-order valence-electron chi connectivity index (χ3n) is 12.6. The van der Waals surface area contributed by atoms with Crippen molar-refractivity contribution in [2.24, 2.45) is 0 Å². The third kappa shape index (κ3) is 6.59. The Hall–Kier alpha value is -8.53. The van der Waals surface area contributed by atoms with Crippen LogP contribution < -0.4 is 0 Å². The van der Waals surface area contributed by atoms with Crippen molar-refractivity contribution in [2.45, 2.75) is 0 Å². The molecule has 0 bridgehead atoms. The van der Waals surface area contributed by atoms with Crippen molar-refractivity contribution < 1.29 is 0 Å². The van der Waals surface area contributed by atoms with Crippen molar-refractivity contribution in [3.05, 3.63) is 237 Å². The third-order valence-corrected chi connectivity index (χ3v) is 12.6. The number of benzene rings is 9. The first-order valence-corrected chi connectivity index (χ1v) is 21.7. The first-order valence-electron chi connectivity index (χ1n) is 21.7. The molecule has 3 nitrogen and oxygen atoms in total. The molecule has 0 unspecified atom stereocenters. The summed E-state index contributed by atoms with van der Waals surface area (Å²) in [6, 6.07) is 80.8. The largest absolute Gasteiger partial charge is 0.265 e. The minimum atomic E-state index is 0.670. The zero-order valence-corrected chi connectivity index (χ0v) is 34.9. The van der Waals surface area contributed by atoms with Crippen molar-refractivity contribution in [3.8, 4) is 56.2 Å². The molecule has 0 saturated heterocycles. The fourth-order valence-corrected chi connectivity index (χ4v) is 9.50. The van der Waals surface area contributed by atoms with Crippen molar-refractivity contribution in [2.75, 3.05) is 0 Å². The van der Waals surface area contributed by atoms with Crippen LogP contribution in [0.2, 0.25) is 0 Å².